The third-order valence-electron chi connectivity index (χ3n) is 3.02. The monoisotopic (exact) mass is 291 g/mol. The number of nitriles is 1. The second kappa shape index (κ2) is 5.24. The molecule has 1 amide bonds. The zero-order chi connectivity index (χ0) is 15.7. The highest BCUT2D eigenvalue weighted by Crippen LogP contribution is 2.27. The second-order valence-corrected chi connectivity index (χ2v) is 6.16. The summed E-state index contributed by atoms with van der Waals surface area (Å²) in [4.78, 5) is 13.3. The number of hydrogen-bond acceptors (Lipinski definition) is 4. The van der Waals surface area contributed by atoms with Crippen LogP contribution in [0.5, 0.6) is 0 Å². The highest BCUT2D eigenvalue weighted by molar-refractivity contribution is 5.71. The van der Waals surface area contributed by atoms with Gasteiger partial charge in [-0.25, -0.2) is 9.18 Å². The maximum absolute atomic E-state index is 12.9. The van der Waals surface area contributed by atoms with Crippen molar-refractivity contribution >= 4 is 11.8 Å². The third-order valence-corrected chi connectivity index (χ3v) is 3.02. The van der Waals surface area contributed by atoms with Gasteiger partial charge in [0.2, 0.25) is 0 Å². The lowest BCUT2D eigenvalue weighted by molar-refractivity contribution is 0.00356. The Balaban J connectivity index is 1.96. The predicted octanol–water partition coefficient (Wildman–Crippen LogP) is 2.75. The van der Waals surface area contributed by atoms with Crippen LogP contribution in [0.25, 0.3) is 0 Å². The molecular weight excluding hydrogens is 273 g/mol. The average Bonchev–Trinajstić information content (AvgIpc) is 2.33. The van der Waals surface area contributed by atoms with E-state index in [-0.39, 0.29) is 18.9 Å². The van der Waals surface area contributed by atoms with E-state index in [1.165, 1.54) is 17.0 Å². The molecule has 1 aromatic rings. The normalized spacial score (nSPS) is 16.6. The summed E-state index contributed by atoms with van der Waals surface area (Å²) in [5, 5.41) is 12.4. The Bertz CT molecular complexity index is 566. The lowest BCUT2D eigenvalue weighted by Gasteiger charge is -2.46. The van der Waals surface area contributed by atoms with Gasteiger partial charge >= 0.3 is 6.09 Å². The number of nitrogens with one attached hydrogen (secondary N) is 1. The Morgan fingerprint density at radius 3 is 2.43 bits per heavy atom. The Morgan fingerprint density at radius 2 is 1.95 bits per heavy atom. The number of carbonyl (C=O) groups excluding carboxylic acids is 1. The van der Waals surface area contributed by atoms with E-state index in [1.54, 1.807) is 32.9 Å². The van der Waals surface area contributed by atoms with Crippen LogP contribution in [0.3, 0.4) is 0 Å². The van der Waals surface area contributed by atoms with Gasteiger partial charge in [0.25, 0.3) is 0 Å². The standard InChI is InChI=1S/C15H18FN3O2/c1-14(2,3)21-13(20)19-9-15(8-17,10-19)18-12-6-4-11(16)5-7-12/h4-7,18H,9-10H2,1-3H3. The number of ether oxygens (including phenoxy) is 1. The van der Waals surface area contributed by atoms with E-state index in [4.69, 9.17) is 4.74 Å². The quantitative estimate of drug-likeness (QED) is 0.910. The van der Waals surface area contributed by atoms with E-state index in [0.717, 1.165) is 0 Å². The zero-order valence-electron chi connectivity index (χ0n) is 12.3. The summed E-state index contributed by atoms with van der Waals surface area (Å²) >= 11 is 0. The number of hydrogen-bond donors (Lipinski definition) is 1. The zero-order valence-corrected chi connectivity index (χ0v) is 12.3. The van der Waals surface area contributed by atoms with Gasteiger partial charge in [-0.1, -0.05) is 0 Å². The van der Waals surface area contributed by atoms with Gasteiger partial charge < -0.3 is 15.0 Å². The van der Waals surface area contributed by atoms with Gasteiger partial charge in [-0.15, -0.1) is 0 Å². The van der Waals surface area contributed by atoms with E-state index in [2.05, 4.69) is 11.4 Å². The van der Waals surface area contributed by atoms with Gasteiger partial charge in [0.15, 0.2) is 5.54 Å². The summed E-state index contributed by atoms with van der Waals surface area (Å²) in [5.41, 5.74) is -0.775. The Morgan fingerprint density at radius 1 is 1.38 bits per heavy atom. The van der Waals surface area contributed by atoms with E-state index < -0.39 is 17.2 Å². The number of carbonyl (C=O) groups is 1. The smallest absolute Gasteiger partial charge is 0.410 e. The molecule has 1 aliphatic heterocycles. The molecule has 1 saturated heterocycles. The number of amides is 1. The molecule has 21 heavy (non-hydrogen) atoms. The van der Waals surface area contributed by atoms with Crippen molar-refractivity contribution in [3.05, 3.63) is 30.1 Å². The Hall–Kier alpha value is -2.29. The van der Waals surface area contributed by atoms with Crippen LogP contribution < -0.4 is 5.32 Å². The molecule has 1 fully saturated rings. The van der Waals surface area contributed by atoms with Crippen LogP contribution in [0.15, 0.2) is 24.3 Å². The van der Waals surface area contributed by atoms with E-state index in [0.29, 0.717) is 5.69 Å². The number of likely N-dealkylation sites (tertiary alicyclic amines) is 1. The van der Waals surface area contributed by atoms with Gasteiger partial charge in [-0.3, -0.25) is 0 Å². The molecule has 1 heterocycles. The fourth-order valence-electron chi connectivity index (χ4n) is 2.05. The summed E-state index contributed by atoms with van der Waals surface area (Å²) in [6, 6.07) is 7.93. The predicted molar refractivity (Wildman–Crippen MR) is 76.2 cm³/mol. The van der Waals surface area contributed by atoms with Crippen LogP contribution in [0.2, 0.25) is 0 Å². The first-order valence-electron chi connectivity index (χ1n) is 6.66. The van der Waals surface area contributed by atoms with Crippen LogP contribution in [-0.4, -0.2) is 35.2 Å². The molecule has 1 aromatic carbocycles. The number of halogens is 1. The summed E-state index contributed by atoms with van der Waals surface area (Å²) in [7, 11) is 0. The molecule has 0 atom stereocenters. The lowest BCUT2D eigenvalue weighted by Crippen LogP contribution is -2.67. The first kappa shape index (κ1) is 15.1. The fraction of sp³-hybridized carbons (Fsp3) is 0.467. The van der Waals surface area contributed by atoms with Crippen molar-refractivity contribution in [1.82, 2.24) is 4.90 Å². The molecule has 0 unspecified atom stereocenters. The highest BCUT2D eigenvalue weighted by Gasteiger charge is 2.47. The van der Waals surface area contributed by atoms with Gasteiger partial charge in [-0.05, 0) is 45.0 Å². The third kappa shape index (κ3) is 3.63. The molecule has 0 aromatic heterocycles. The van der Waals surface area contributed by atoms with Crippen molar-refractivity contribution in [2.24, 2.45) is 0 Å². The van der Waals surface area contributed by atoms with Gasteiger partial charge in [-0.2, -0.15) is 5.26 Å². The molecule has 6 heteroatoms. The number of rotatable bonds is 2. The van der Waals surface area contributed by atoms with Crippen molar-refractivity contribution < 1.29 is 13.9 Å². The maximum Gasteiger partial charge on any atom is 0.410 e. The minimum absolute atomic E-state index is 0.232. The van der Waals surface area contributed by atoms with E-state index in [9.17, 15) is 14.4 Å². The summed E-state index contributed by atoms with van der Waals surface area (Å²) in [5.74, 6) is -0.337. The average molecular weight is 291 g/mol. The first-order valence-corrected chi connectivity index (χ1v) is 6.66. The van der Waals surface area contributed by atoms with Crippen LogP contribution in [0.1, 0.15) is 20.8 Å². The highest BCUT2D eigenvalue weighted by atomic mass is 19.1. The van der Waals surface area contributed by atoms with E-state index >= 15 is 0 Å². The van der Waals surface area contributed by atoms with Crippen LogP contribution >= 0.6 is 0 Å². The molecule has 1 N–H and O–H groups in total. The summed E-state index contributed by atoms with van der Waals surface area (Å²) in [6.07, 6.45) is -0.436. The fourth-order valence-corrected chi connectivity index (χ4v) is 2.05. The minimum Gasteiger partial charge on any atom is -0.444 e. The largest absolute Gasteiger partial charge is 0.444 e. The number of benzene rings is 1. The number of nitrogens with zero attached hydrogens (tertiary/aromatic N) is 2. The van der Waals surface area contributed by atoms with Gasteiger partial charge in [0.05, 0.1) is 19.2 Å². The Labute approximate surface area is 123 Å². The van der Waals surface area contributed by atoms with Crippen LogP contribution in [0, 0.1) is 17.1 Å². The van der Waals surface area contributed by atoms with Crippen LogP contribution in [-0.2, 0) is 4.74 Å². The topological polar surface area (TPSA) is 65.4 Å². The van der Waals surface area contributed by atoms with Crippen molar-refractivity contribution in [3.8, 4) is 6.07 Å². The van der Waals surface area contributed by atoms with E-state index in [1.807, 2.05) is 0 Å². The Kier molecular flexibility index (Phi) is 3.77. The SMILES string of the molecule is CC(C)(C)OC(=O)N1CC(C#N)(Nc2ccc(F)cc2)C1. The first-order chi connectivity index (χ1) is 9.73. The minimum atomic E-state index is -0.852. The molecule has 5 nitrogen and oxygen atoms in total. The molecule has 112 valence electrons. The molecule has 1 aliphatic rings. The van der Waals surface area contributed by atoms with Crippen LogP contribution in [0.4, 0.5) is 14.9 Å². The molecule has 2 rings (SSSR count). The molecule has 0 radical (unpaired) electrons. The van der Waals surface area contributed by atoms with Gasteiger partial charge in [0, 0.05) is 5.69 Å². The summed E-state index contributed by atoms with van der Waals surface area (Å²) < 4.78 is 18.1. The maximum atomic E-state index is 12.9. The molecular formula is C15H18FN3O2. The lowest BCUT2D eigenvalue weighted by atomic mass is 9.91. The van der Waals surface area contributed by atoms with Crippen molar-refractivity contribution in [2.45, 2.75) is 31.9 Å². The molecule has 0 spiro atoms. The van der Waals surface area contributed by atoms with Gasteiger partial charge in [0.1, 0.15) is 11.4 Å². The van der Waals surface area contributed by atoms with Crippen molar-refractivity contribution in [1.29, 1.82) is 5.26 Å². The van der Waals surface area contributed by atoms with Crippen molar-refractivity contribution in [3.63, 3.8) is 0 Å². The molecule has 0 bridgehead atoms. The number of anilines is 1. The summed E-state index contributed by atoms with van der Waals surface area (Å²) in [6.45, 7) is 5.84. The second-order valence-electron chi connectivity index (χ2n) is 6.16. The molecule has 0 saturated carbocycles. The molecule has 0 aliphatic carbocycles. The van der Waals surface area contributed by atoms with Crippen molar-refractivity contribution in [2.75, 3.05) is 18.4 Å².